The molecule has 2 atom stereocenters. The molecule has 0 fully saturated rings. The Hall–Kier alpha value is -0.770. The first kappa shape index (κ1) is 16.3. The summed E-state index contributed by atoms with van der Waals surface area (Å²) in [7, 11) is 0. The Morgan fingerprint density at radius 1 is 1.37 bits per heavy atom. The van der Waals surface area contributed by atoms with E-state index in [0.29, 0.717) is 22.2 Å². The summed E-state index contributed by atoms with van der Waals surface area (Å²) >= 11 is 12.0. The number of benzene rings is 1. The summed E-state index contributed by atoms with van der Waals surface area (Å²) in [6, 6.07) is 4.71. The number of ether oxygens (including phenoxy) is 1. The van der Waals surface area contributed by atoms with Gasteiger partial charge in [-0.05, 0) is 38.0 Å². The molecule has 1 N–H and O–H groups in total. The van der Waals surface area contributed by atoms with Crippen LogP contribution in [0.4, 0.5) is 0 Å². The van der Waals surface area contributed by atoms with Gasteiger partial charge in [-0.15, -0.1) is 0 Å². The number of halogens is 2. The standard InChI is InChI=1S/C14H19Cl2NO2/c1-4-9(3)17-13(14(18)19-5-2)11-7-6-10(15)8-12(11)16/h6-9,13,17H,4-5H2,1-3H3. The number of hydrogen-bond donors (Lipinski definition) is 1. The highest BCUT2D eigenvalue weighted by Crippen LogP contribution is 2.27. The molecule has 19 heavy (non-hydrogen) atoms. The SMILES string of the molecule is CCOC(=O)C(NC(C)CC)c1ccc(Cl)cc1Cl. The number of carbonyl (C=O) groups excluding carboxylic acids is 1. The van der Waals surface area contributed by atoms with Crippen molar-refractivity contribution in [1.82, 2.24) is 5.32 Å². The van der Waals surface area contributed by atoms with E-state index in [-0.39, 0.29) is 12.0 Å². The van der Waals surface area contributed by atoms with Crippen molar-refractivity contribution >= 4 is 29.2 Å². The van der Waals surface area contributed by atoms with Crippen LogP contribution in [0.1, 0.15) is 38.8 Å². The van der Waals surface area contributed by atoms with Gasteiger partial charge in [0.25, 0.3) is 0 Å². The van der Waals surface area contributed by atoms with Gasteiger partial charge in [-0.1, -0.05) is 36.2 Å². The van der Waals surface area contributed by atoms with Gasteiger partial charge in [0, 0.05) is 16.1 Å². The Morgan fingerprint density at radius 3 is 2.58 bits per heavy atom. The Balaban J connectivity index is 3.03. The number of esters is 1. The van der Waals surface area contributed by atoms with Crippen LogP contribution in [0, 0.1) is 0 Å². The highest BCUT2D eigenvalue weighted by Gasteiger charge is 2.25. The van der Waals surface area contributed by atoms with Crippen molar-refractivity contribution in [2.75, 3.05) is 6.61 Å². The van der Waals surface area contributed by atoms with Gasteiger partial charge in [0.05, 0.1) is 6.61 Å². The van der Waals surface area contributed by atoms with E-state index in [1.165, 1.54) is 0 Å². The van der Waals surface area contributed by atoms with Gasteiger partial charge in [-0.3, -0.25) is 5.32 Å². The molecule has 1 aromatic rings. The fraction of sp³-hybridized carbons (Fsp3) is 0.500. The normalized spacial score (nSPS) is 13.9. The topological polar surface area (TPSA) is 38.3 Å². The highest BCUT2D eigenvalue weighted by molar-refractivity contribution is 6.35. The van der Waals surface area contributed by atoms with Crippen molar-refractivity contribution in [3.63, 3.8) is 0 Å². The molecular formula is C14H19Cl2NO2. The molecule has 0 aromatic heterocycles. The smallest absolute Gasteiger partial charge is 0.327 e. The largest absolute Gasteiger partial charge is 0.465 e. The first-order valence-electron chi connectivity index (χ1n) is 6.37. The van der Waals surface area contributed by atoms with E-state index in [1.807, 2.05) is 13.8 Å². The third kappa shape index (κ3) is 4.68. The third-order valence-corrected chi connectivity index (χ3v) is 3.42. The second-order valence-electron chi connectivity index (χ2n) is 4.33. The molecule has 0 aliphatic heterocycles. The molecule has 2 unspecified atom stereocenters. The van der Waals surface area contributed by atoms with Crippen molar-refractivity contribution in [2.24, 2.45) is 0 Å². The molecule has 0 spiro atoms. The van der Waals surface area contributed by atoms with E-state index in [4.69, 9.17) is 27.9 Å². The predicted molar refractivity (Wildman–Crippen MR) is 78.7 cm³/mol. The quantitative estimate of drug-likeness (QED) is 0.808. The number of nitrogens with one attached hydrogen (secondary N) is 1. The highest BCUT2D eigenvalue weighted by atomic mass is 35.5. The average molecular weight is 304 g/mol. The molecule has 0 radical (unpaired) electrons. The number of carbonyl (C=O) groups is 1. The molecule has 0 aliphatic rings. The minimum absolute atomic E-state index is 0.182. The molecule has 0 saturated heterocycles. The van der Waals surface area contributed by atoms with Crippen LogP contribution in [0.3, 0.4) is 0 Å². The van der Waals surface area contributed by atoms with Gasteiger partial charge in [0.15, 0.2) is 0 Å². The molecule has 3 nitrogen and oxygen atoms in total. The van der Waals surface area contributed by atoms with Crippen LogP contribution in [-0.2, 0) is 9.53 Å². The lowest BCUT2D eigenvalue weighted by Gasteiger charge is -2.22. The molecule has 1 rings (SSSR count). The van der Waals surface area contributed by atoms with Gasteiger partial charge in [0.1, 0.15) is 6.04 Å². The average Bonchev–Trinajstić information content (AvgIpc) is 2.36. The van der Waals surface area contributed by atoms with E-state index in [9.17, 15) is 4.79 Å². The first-order chi connectivity index (χ1) is 8.99. The Labute approximate surface area is 124 Å². The summed E-state index contributed by atoms with van der Waals surface area (Å²) in [5.74, 6) is -0.327. The van der Waals surface area contributed by atoms with Crippen molar-refractivity contribution < 1.29 is 9.53 Å². The van der Waals surface area contributed by atoms with Gasteiger partial charge in [-0.2, -0.15) is 0 Å². The Bertz CT molecular complexity index is 437. The molecule has 5 heteroatoms. The van der Waals surface area contributed by atoms with Gasteiger partial charge >= 0.3 is 5.97 Å². The fourth-order valence-corrected chi connectivity index (χ4v) is 2.17. The zero-order chi connectivity index (χ0) is 14.4. The van der Waals surface area contributed by atoms with Crippen molar-refractivity contribution in [2.45, 2.75) is 39.3 Å². The zero-order valence-corrected chi connectivity index (χ0v) is 12.9. The van der Waals surface area contributed by atoms with Crippen molar-refractivity contribution in [3.05, 3.63) is 33.8 Å². The maximum atomic E-state index is 12.1. The molecule has 0 aliphatic carbocycles. The molecule has 1 aromatic carbocycles. The maximum Gasteiger partial charge on any atom is 0.327 e. The van der Waals surface area contributed by atoms with Crippen LogP contribution in [0.5, 0.6) is 0 Å². The van der Waals surface area contributed by atoms with E-state index in [2.05, 4.69) is 5.32 Å². The van der Waals surface area contributed by atoms with Crippen molar-refractivity contribution in [3.8, 4) is 0 Å². The molecule has 0 amide bonds. The molecule has 0 bridgehead atoms. The van der Waals surface area contributed by atoms with Crippen molar-refractivity contribution in [1.29, 1.82) is 0 Å². The van der Waals surface area contributed by atoms with Gasteiger partial charge in [-0.25, -0.2) is 4.79 Å². The van der Waals surface area contributed by atoms with Crippen LogP contribution in [-0.4, -0.2) is 18.6 Å². The van der Waals surface area contributed by atoms with E-state index in [0.717, 1.165) is 6.42 Å². The summed E-state index contributed by atoms with van der Waals surface area (Å²) in [6.07, 6.45) is 0.904. The molecule has 0 heterocycles. The first-order valence-corrected chi connectivity index (χ1v) is 7.12. The van der Waals surface area contributed by atoms with Crippen LogP contribution in [0.15, 0.2) is 18.2 Å². The predicted octanol–water partition coefficient (Wildman–Crippen LogP) is 3.99. The maximum absolute atomic E-state index is 12.1. The van der Waals surface area contributed by atoms with Crippen LogP contribution in [0.2, 0.25) is 10.0 Å². The zero-order valence-electron chi connectivity index (χ0n) is 11.4. The monoisotopic (exact) mass is 303 g/mol. The second-order valence-corrected chi connectivity index (χ2v) is 5.17. The number of hydrogen-bond acceptors (Lipinski definition) is 3. The van der Waals surface area contributed by atoms with E-state index in [1.54, 1.807) is 25.1 Å². The molecule has 0 saturated carbocycles. The van der Waals surface area contributed by atoms with E-state index >= 15 is 0 Å². The van der Waals surface area contributed by atoms with Gasteiger partial charge < -0.3 is 4.74 Å². The van der Waals surface area contributed by atoms with Crippen LogP contribution in [0.25, 0.3) is 0 Å². The lowest BCUT2D eigenvalue weighted by molar-refractivity contribution is -0.146. The Kier molecular flexibility index (Phi) is 6.63. The fourth-order valence-electron chi connectivity index (χ4n) is 1.65. The Morgan fingerprint density at radius 2 is 2.05 bits per heavy atom. The molecule has 106 valence electrons. The lowest BCUT2D eigenvalue weighted by Crippen LogP contribution is -2.36. The lowest BCUT2D eigenvalue weighted by atomic mass is 10.1. The summed E-state index contributed by atoms with van der Waals surface area (Å²) < 4.78 is 5.10. The molecular weight excluding hydrogens is 285 g/mol. The number of rotatable bonds is 6. The summed E-state index contributed by atoms with van der Waals surface area (Å²) in [4.78, 5) is 12.1. The van der Waals surface area contributed by atoms with E-state index < -0.39 is 6.04 Å². The minimum atomic E-state index is -0.570. The summed E-state index contributed by atoms with van der Waals surface area (Å²) in [5.41, 5.74) is 0.685. The van der Waals surface area contributed by atoms with Crippen LogP contribution < -0.4 is 5.32 Å². The summed E-state index contributed by atoms with van der Waals surface area (Å²) in [5, 5.41) is 4.23. The van der Waals surface area contributed by atoms with Gasteiger partial charge in [0.2, 0.25) is 0 Å². The minimum Gasteiger partial charge on any atom is -0.465 e. The second kappa shape index (κ2) is 7.73. The summed E-state index contributed by atoms with van der Waals surface area (Å²) in [6.45, 7) is 6.17. The third-order valence-electron chi connectivity index (χ3n) is 2.86. The van der Waals surface area contributed by atoms with Crippen LogP contribution >= 0.6 is 23.2 Å².